The van der Waals surface area contributed by atoms with Crippen molar-refractivity contribution in [3.63, 3.8) is 0 Å². The standard InChI is InChI=1S/C9H6F5NO2/c1-2-3(16)15-17-9-7(13)5(11)4(10)6(12)8(9)14/h2H2,1H3,(H,15,16). The number of carbonyl (C=O) groups is 1. The highest BCUT2D eigenvalue weighted by Crippen LogP contribution is 2.28. The Morgan fingerprint density at radius 3 is 1.82 bits per heavy atom. The lowest BCUT2D eigenvalue weighted by Crippen LogP contribution is -2.27. The van der Waals surface area contributed by atoms with Crippen LogP contribution in [0.1, 0.15) is 13.3 Å². The lowest BCUT2D eigenvalue weighted by Gasteiger charge is -2.09. The molecule has 17 heavy (non-hydrogen) atoms. The van der Waals surface area contributed by atoms with Crippen LogP contribution in [-0.4, -0.2) is 5.91 Å². The molecule has 0 bridgehead atoms. The summed E-state index contributed by atoms with van der Waals surface area (Å²) in [5.41, 5.74) is 1.53. The van der Waals surface area contributed by atoms with Gasteiger partial charge < -0.3 is 4.84 Å². The molecule has 3 nitrogen and oxygen atoms in total. The summed E-state index contributed by atoms with van der Waals surface area (Å²) >= 11 is 0. The summed E-state index contributed by atoms with van der Waals surface area (Å²) < 4.78 is 63.8. The summed E-state index contributed by atoms with van der Waals surface area (Å²) in [5, 5.41) is 0. The summed E-state index contributed by atoms with van der Waals surface area (Å²) in [6.45, 7) is 1.40. The van der Waals surface area contributed by atoms with Gasteiger partial charge in [-0.3, -0.25) is 4.79 Å². The predicted octanol–water partition coefficient (Wildman–Crippen LogP) is 2.20. The van der Waals surface area contributed by atoms with Gasteiger partial charge in [0.25, 0.3) is 5.91 Å². The van der Waals surface area contributed by atoms with Crippen molar-refractivity contribution < 1.29 is 31.6 Å². The van der Waals surface area contributed by atoms with E-state index in [0.717, 1.165) is 0 Å². The minimum atomic E-state index is -2.30. The summed E-state index contributed by atoms with van der Waals surface area (Å²) in [5.74, 6) is -13.2. The third-order valence-corrected chi connectivity index (χ3v) is 1.76. The molecule has 1 aromatic rings. The van der Waals surface area contributed by atoms with Crippen molar-refractivity contribution in [3.05, 3.63) is 29.1 Å². The molecular formula is C9H6F5NO2. The van der Waals surface area contributed by atoms with Crippen LogP contribution in [-0.2, 0) is 4.79 Å². The predicted molar refractivity (Wildman–Crippen MR) is 45.3 cm³/mol. The zero-order valence-electron chi connectivity index (χ0n) is 8.41. The Hall–Kier alpha value is -1.86. The van der Waals surface area contributed by atoms with Crippen molar-refractivity contribution in [2.45, 2.75) is 13.3 Å². The number of nitrogens with one attached hydrogen (secondary N) is 1. The van der Waals surface area contributed by atoms with Crippen LogP contribution < -0.4 is 10.3 Å². The maximum absolute atomic E-state index is 13.0. The topological polar surface area (TPSA) is 38.3 Å². The van der Waals surface area contributed by atoms with Gasteiger partial charge in [-0.2, -0.15) is 14.3 Å². The quantitative estimate of drug-likeness (QED) is 0.389. The molecule has 0 fully saturated rings. The van der Waals surface area contributed by atoms with Crippen molar-refractivity contribution in [3.8, 4) is 5.75 Å². The first-order chi connectivity index (χ1) is 7.90. The summed E-state index contributed by atoms with van der Waals surface area (Å²) in [6, 6.07) is 0. The number of rotatable bonds is 3. The summed E-state index contributed by atoms with van der Waals surface area (Å²) in [4.78, 5) is 14.7. The van der Waals surface area contributed by atoms with Gasteiger partial charge in [-0.1, -0.05) is 6.92 Å². The first-order valence-electron chi connectivity index (χ1n) is 4.37. The number of amides is 1. The van der Waals surface area contributed by atoms with Gasteiger partial charge in [-0.25, -0.2) is 13.2 Å². The molecule has 0 aromatic heterocycles. The Morgan fingerprint density at radius 1 is 1.00 bits per heavy atom. The molecule has 0 radical (unpaired) electrons. The monoisotopic (exact) mass is 255 g/mol. The van der Waals surface area contributed by atoms with Crippen LogP contribution in [0.25, 0.3) is 0 Å². The molecule has 0 saturated carbocycles. The number of halogens is 5. The number of carbonyl (C=O) groups excluding carboxylic acids is 1. The number of hydrogen-bond acceptors (Lipinski definition) is 2. The molecule has 0 aliphatic carbocycles. The van der Waals surface area contributed by atoms with E-state index >= 15 is 0 Å². The Labute approximate surface area is 92.1 Å². The molecule has 1 rings (SSSR count). The second-order valence-corrected chi connectivity index (χ2v) is 2.88. The van der Waals surface area contributed by atoms with Crippen LogP contribution >= 0.6 is 0 Å². The fourth-order valence-electron chi connectivity index (χ4n) is 0.854. The highest BCUT2D eigenvalue weighted by Gasteiger charge is 2.27. The highest BCUT2D eigenvalue weighted by atomic mass is 19.2. The van der Waals surface area contributed by atoms with Gasteiger partial charge in [0, 0.05) is 6.42 Å². The molecule has 0 atom stereocenters. The Bertz CT molecular complexity index is 434. The first-order valence-corrected chi connectivity index (χ1v) is 4.37. The van der Waals surface area contributed by atoms with E-state index in [1.807, 2.05) is 0 Å². The zero-order chi connectivity index (χ0) is 13.2. The van der Waals surface area contributed by atoms with E-state index in [0.29, 0.717) is 0 Å². The van der Waals surface area contributed by atoms with Gasteiger partial charge in [-0.05, 0) is 0 Å². The molecule has 0 unspecified atom stereocenters. The summed E-state index contributed by atoms with van der Waals surface area (Å²) in [6.07, 6.45) is -0.0879. The van der Waals surface area contributed by atoms with Crippen molar-refractivity contribution in [2.24, 2.45) is 0 Å². The van der Waals surface area contributed by atoms with Crippen molar-refractivity contribution >= 4 is 5.91 Å². The van der Waals surface area contributed by atoms with Crippen LogP contribution in [0.5, 0.6) is 5.75 Å². The van der Waals surface area contributed by atoms with E-state index in [2.05, 4.69) is 4.84 Å². The van der Waals surface area contributed by atoms with E-state index in [1.165, 1.54) is 12.4 Å². The third-order valence-electron chi connectivity index (χ3n) is 1.76. The molecule has 0 aliphatic rings. The van der Waals surface area contributed by atoms with E-state index in [4.69, 9.17) is 0 Å². The van der Waals surface area contributed by atoms with E-state index in [-0.39, 0.29) is 6.42 Å². The molecule has 0 saturated heterocycles. The van der Waals surface area contributed by atoms with Gasteiger partial charge in [0.05, 0.1) is 0 Å². The molecular weight excluding hydrogens is 249 g/mol. The minimum Gasteiger partial charge on any atom is -0.373 e. The minimum absolute atomic E-state index is 0.0879. The lowest BCUT2D eigenvalue weighted by atomic mass is 10.3. The molecule has 94 valence electrons. The second-order valence-electron chi connectivity index (χ2n) is 2.88. The van der Waals surface area contributed by atoms with Crippen LogP contribution in [0.3, 0.4) is 0 Å². The Morgan fingerprint density at radius 2 is 1.41 bits per heavy atom. The van der Waals surface area contributed by atoms with Gasteiger partial charge in [-0.15, -0.1) is 0 Å². The Kier molecular flexibility index (Phi) is 3.87. The highest BCUT2D eigenvalue weighted by molar-refractivity contribution is 5.74. The van der Waals surface area contributed by atoms with Gasteiger partial charge >= 0.3 is 0 Å². The first kappa shape index (κ1) is 13.2. The van der Waals surface area contributed by atoms with Gasteiger partial charge in [0.1, 0.15) is 0 Å². The molecule has 1 aromatic carbocycles. The van der Waals surface area contributed by atoms with Crippen LogP contribution in [0.2, 0.25) is 0 Å². The van der Waals surface area contributed by atoms with Crippen LogP contribution in [0, 0.1) is 29.1 Å². The summed E-state index contributed by atoms with van der Waals surface area (Å²) in [7, 11) is 0. The van der Waals surface area contributed by atoms with Crippen LogP contribution in [0.4, 0.5) is 22.0 Å². The largest absolute Gasteiger partial charge is 0.373 e. The normalized spacial score (nSPS) is 10.2. The van der Waals surface area contributed by atoms with Gasteiger partial charge in [0.15, 0.2) is 0 Å². The maximum atomic E-state index is 13.0. The SMILES string of the molecule is CCC(=O)NOc1c(F)c(F)c(F)c(F)c1F. The number of hydrogen-bond donors (Lipinski definition) is 1. The average molecular weight is 255 g/mol. The van der Waals surface area contributed by atoms with Crippen molar-refractivity contribution in [1.82, 2.24) is 5.48 Å². The lowest BCUT2D eigenvalue weighted by molar-refractivity contribution is -0.127. The second kappa shape index (κ2) is 4.98. The molecule has 8 heteroatoms. The zero-order valence-corrected chi connectivity index (χ0v) is 8.41. The van der Waals surface area contributed by atoms with Crippen molar-refractivity contribution in [2.75, 3.05) is 0 Å². The van der Waals surface area contributed by atoms with E-state index in [1.54, 1.807) is 0 Å². The van der Waals surface area contributed by atoms with Gasteiger partial charge in [0.2, 0.25) is 34.8 Å². The van der Waals surface area contributed by atoms with E-state index < -0.39 is 40.7 Å². The molecule has 0 aliphatic heterocycles. The molecule has 0 spiro atoms. The fourth-order valence-corrected chi connectivity index (χ4v) is 0.854. The molecule has 1 amide bonds. The maximum Gasteiger partial charge on any atom is 0.252 e. The molecule has 1 N–H and O–H groups in total. The van der Waals surface area contributed by atoms with E-state index in [9.17, 15) is 26.7 Å². The third kappa shape index (κ3) is 2.45. The Balaban J connectivity index is 3.12. The molecule has 0 heterocycles. The smallest absolute Gasteiger partial charge is 0.252 e. The van der Waals surface area contributed by atoms with Crippen LogP contribution in [0.15, 0.2) is 0 Å². The fraction of sp³-hybridized carbons (Fsp3) is 0.222. The number of benzene rings is 1. The van der Waals surface area contributed by atoms with Crippen molar-refractivity contribution in [1.29, 1.82) is 0 Å². The number of hydroxylamine groups is 1. The average Bonchev–Trinajstić information content (AvgIpc) is 2.33.